The van der Waals surface area contributed by atoms with Gasteiger partial charge in [-0.25, -0.2) is 0 Å². The van der Waals surface area contributed by atoms with Gasteiger partial charge in [-0.2, -0.15) is 0 Å². The third kappa shape index (κ3) is 3.63. The van der Waals surface area contributed by atoms with Crippen molar-refractivity contribution in [3.05, 3.63) is 35.9 Å². The molecule has 4 heteroatoms. The van der Waals surface area contributed by atoms with E-state index in [1.165, 1.54) is 0 Å². The van der Waals surface area contributed by atoms with E-state index >= 15 is 0 Å². The van der Waals surface area contributed by atoms with Crippen LogP contribution in [-0.4, -0.2) is 31.4 Å². The highest BCUT2D eigenvalue weighted by molar-refractivity contribution is 5.84. The second kappa shape index (κ2) is 5.91. The molecule has 1 aliphatic heterocycles. The molecule has 17 heavy (non-hydrogen) atoms. The molecule has 0 aromatic heterocycles. The monoisotopic (exact) mass is 236 g/mol. The van der Waals surface area contributed by atoms with Gasteiger partial charge in [0.15, 0.2) is 12.1 Å². The second-order valence-corrected chi connectivity index (χ2v) is 3.97. The van der Waals surface area contributed by atoms with E-state index in [4.69, 9.17) is 14.2 Å². The van der Waals surface area contributed by atoms with Crippen LogP contribution in [0.3, 0.4) is 0 Å². The number of benzene rings is 1. The molecule has 1 heterocycles. The van der Waals surface area contributed by atoms with E-state index in [0.717, 1.165) is 5.56 Å². The van der Waals surface area contributed by atoms with Crippen molar-refractivity contribution in [2.75, 3.05) is 13.2 Å². The maximum atomic E-state index is 11.5. The summed E-state index contributed by atoms with van der Waals surface area (Å²) in [6.45, 7) is 2.65. The summed E-state index contributed by atoms with van der Waals surface area (Å²) in [6, 6.07) is 9.83. The van der Waals surface area contributed by atoms with Crippen molar-refractivity contribution in [1.29, 1.82) is 0 Å². The number of ketones is 1. The Bertz CT molecular complexity index is 363. The van der Waals surface area contributed by atoms with Crippen LogP contribution in [0.25, 0.3) is 0 Å². The summed E-state index contributed by atoms with van der Waals surface area (Å²) in [7, 11) is 0. The van der Waals surface area contributed by atoms with Gasteiger partial charge in [-0.15, -0.1) is 0 Å². The van der Waals surface area contributed by atoms with E-state index in [0.29, 0.717) is 6.61 Å². The van der Waals surface area contributed by atoms with Crippen LogP contribution < -0.4 is 0 Å². The zero-order valence-electron chi connectivity index (χ0n) is 9.80. The molecule has 0 spiro atoms. The summed E-state index contributed by atoms with van der Waals surface area (Å²) < 4.78 is 15.9. The second-order valence-electron chi connectivity index (χ2n) is 3.97. The fourth-order valence-corrected chi connectivity index (χ4v) is 1.63. The number of carbonyl (C=O) groups excluding carboxylic acids is 1. The molecule has 2 atom stereocenters. The molecule has 0 bridgehead atoms. The highest BCUT2D eigenvalue weighted by Crippen LogP contribution is 2.10. The lowest BCUT2D eigenvalue weighted by atomic mass is 10.2. The van der Waals surface area contributed by atoms with E-state index in [1.54, 1.807) is 6.92 Å². The summed E-state index contributed by atoms with van der Waals surface area (Å²) >= 11 is 0. The minimum Gasteiger partial charge on any atom is -0.374 e. The van der Waals surface area contributed by atoms with Gasteiger partial charge in [0.25, 0.3) is 0 Å². The van der Waals surface area contributed by atoms with E-state index < -0.39 is 6.10 Å². The van der Waals surface area contributed by atoms with Gasteiger partial charge in [0.1, 0.15) is 12.7 Å². The molecule has 0 N–H and O–H groups in total. The van der Waals surface area contributed by atoms with Crippen LogP contribution in [0.15, 0.2) is 30.3 Å². The lowest BCUT2D eigenvalue weighted by Gasteiger charge is -2.26. The molecule has 1 aromatic carbocycles. The zero-order valence-corrected chi connectivity index (χ0v) is 9.80. The Kier molecular flexibility index (Phi) is 4.25. The summed E-state index contributed by atoms with van der Waals surface area (Å²) in [5.74, 6) is -0.0591. The van der Waals surface area contributed by atoms with Crippen molar-refractivity contribution in [2.45, 2.75) is 25.9 Å². The number of Topliss-reactive ketones (excluding diaryl/α,β-unsaturated/α-hetero) is 1. The highest BCUT2D eigenvalue weighted by atomic mass is 16.7. The molecule has 4 nitrogen and oxygen atoms in total. The quantitative estimate of drug-likeness (QED) is 0.795. The summed E-state index contributed by atoms with van der Waals surface area (Å²) in [5, 5.41) is 0. The summed E-state index contributed by atoms with van der Waals surface area (Å²) in [4.78, 5) is 11.5. The van der Waals surface area contributed by atoms with Crippen LogP contribution in [0.2, 0.25) is 0 Å². The third-order valence-electron chi connectivity index (χ3n) is 2.56. The summed E-state index contributed by atoms with van der Waals surface area (Å²) in [6.07, 6.45) is -0.833. The van der Waals surface area contributed by atoms with Crippen LogP contribution in [0.5, 0.6) is 0 Å². The van der Waals surface area contributed by atoms with Crippen molar-refractivity contribution in [3.8, 4) is 0 Å². The van der Waals surface area contributed by atoms with Crippen LogP contribution in [0, 0.1) is 0 Å². The number of rotatable bonds is 4. The molecule has 0 unspecified atom stereocenters. The Balaban J connectivity index is 1.76. The molecular formula is C13H16O4. The number of carbonyl (C=O) groups is 1. The minimum absolute atomic E-state index is 0.0591. The van der Waals surface area contributed by atoms with E-state index in [2.05, 4.69) is 0 Å². The van der Waals surface area contributed by atoms with Gasteiger partial charge in [-0.05, 0) is 12.5 Å². The maximum absolute atomic E-state index is 11.5. The predicted octanol–water partition coefficient (Wildman–Crippen LogP) is 1.53. The molecule has 0 saturated carbocycles. The minimum atomic E-state index is -0.498. The number of hydrogen-bond donors (Lipinski definition) is 0. The van der Waals surface area contributed by atoms with Crippen molar-refractivity contribution in [2.24, 2.45) is 0 Å². The number of hydrogen-bond acceptors (Lipinski definition) is 4. The Morgan fingerprint density at radius 3 is 2.88 bits per heavy atom. The Morgan fingerprint density at radius 1 is 1.35 bits per heavy atom. The lowest BCUT2D eigenvalue weighted by Crippen LogP contribution is -2.41. The number of ether oxygens (including phenoxy) is 3. The van der Waals surface area contributed by atoms with Crippen molar-refractivity contribution < 1.29 is 19.0 Å². The van der Waals surface area contributed by atoms with Crippen molar-refractivity contribution in [1.82, 2.24) is 0 Å². The van der Waals surface area contributed by atoms with Gasteiger partial charge < -0.3 is 14.2 Å². The van der Waals surface area contributed by atoms with Crippen LogP contribution in [-0.2, 0) is 25.6 Å². The molecule has 92 valence electrons. The first kappa shape index (κ1) is 12.2. The molecule has 2 rings (SSSR count). The molecular weight excluding hydrogens is 220 g/mol. The molecule has 0 amide bonds. The molecule has 0 radical (unpaired) electrons. The van der Waals surface area contributed by atoms with Crippen LogP contribution >= 0.6 is 0 Å². The molecule has 1 saturated heterocycles. The maximum Gasteiger partial charge on any atom is 0.189 e. The first-order chi connectivity index (χ1) is 8.25. The Morgan fingerprint density at radius 2 is 2.12 bits per heavy atom. The van der Waals surface area contributed by atoms with Gasteiger partial charge in [-0.1, -0.05) is 30.3 Å². The average Bonchev–Trinajstić information content (AvgIpc) is 2.35. The molecule has 1 aliphatic rings. The standard InChI is InChI=1S/C13H16O4/c1-10-16-8-12(14)13(17-10)9-15-7-11-5-3-2-4-6-11/h2-6,10,13H,7-9H2,1H3/t10-,13+/m1/s1. The molecule has 1 fully saturated rings. The van der Waals surface area contributed by atoms with Gasteiger partial charge >= 0.3 is 0 Å². The Hall–Kier alpha value is -1.23. The Labute approximate surface area is 100 Å². The van der Waals surface area contributed by atoms with Crippen LogP contribution in [0.1, 0.15) is 12.5 Å². The normalized spacial score (nSPS) is 24.9. The van der Waals surface area contributed by atoms with Crippen molar-refractivity contribution >= 4 is 5.78 Å². The zero-order chi connectivity index (χ0) is 12.1. The fourth-order valence-electron chi connectivity index (χ4n) is 1.63. The fraction of sp³-hybridized carbons (Fsp3) is 0.462. The first-order valence-electron chi connectivity index (χ1n) is 5.67. The predicted molar refractivity (Wildman–Crippen MR) is 61.4 cm³/mol. The first-order valence-corrected chi connectivity index (χ1v) is 5.67. The van der Waals surface area contributed by atoms with E-state index in [1.807, 2.05) is 30.3 Å². The summed E-state index contributed by atoms with van der Waals surface area (Å²) in [5.41, 5.74) is 1.08. The van der Waals surface area contributed by atoms with E-state index in [-0.39, 0.29) is 25.3 Å². The molecule has 1 aromatic rings. The SMILES string of the molecule is C[C@@H]1OCC(=O)[C@H](COCc2ccccc2)O1. The van der Waals surface area contributed by atoms with Gasteiger partial charge in [0, 0.05) is 0 Å². The van der Waals surface area contributed by atoms with Gasteiger partial charge in [0.2, 0.25) is 0 Å². The van der Waals surface area contributed by atoms with E-state index in [9.17, 15) is 4.79 Å². The topological polar surface area (TPSA) is 44.8 Å². The third-order valence-corrected chi connectivity index (χ3v) is 2.56. The highest BCUT2D eigenvalue weighted by Gasteiger charge is 2.27. The largest absolute Gasteiger partial charge is 0.374 e. The van der Waals surface area contributed by atoms with Gasteiger partial charge in [-0.3, -0.25) is 4.79 Å². The average molecular weight is 236 g/mol. The van der Waals surface area contributed by atoms with Gasteiger partial charge in [0.05, 0.1) is 13.2 Å². The smallest absolute Gasteiger partial charge is 0.189 e. The lowest BCUT2D eigenvalue weighted by molar-refractivity contribution is -0.210. The van der Waals surface area contributed by atoms with Crippen LogP contribution in [0.4, 0.5) is 0 Å². The van der Waals surface area contributed by atoms with Crippen molar-refractivity contribution in [3.63, 3.8) is 0 Å². The molecule has 0 aliphatic carbocycles.